The molecule has 170 valence electrons. The van der Waals surface area contributed by atoms with Crippen LogP contribution in [0.3, 0.4) is 0 Å². The molecule has 2 aliphatic rings. The van der Waals surface area contributed by atoms with Crippen molar-refractivity contribution in [2.75, 3.05) is 29.0 Å². The molecule has 3 N–H and O–H groups in total. The SMILES string of the molecule is CCCC(Nc1nc(N)c2ncc(Cc3cnc(N4CCCCC4)c(C)c3)n2n1)C1CC1. The highest BCUT2D eigenvalue weighted by Gasteiger charge is 2.31. The zero-order chi connectivity index (χ0) is 22.1. The van der Waals surface area contributed by atoms with Crippen LogP contribution < -0.4 is 16.0 Å². The molecule has 1 aliphatic heterocycles. The summed E-state index contributed by atoms with van der Waals surface area (Å²) in [6.07, 6.45) is 13.2. The number of piperidine rings is 1. The molecule has 1 saturated carbocycles. The third-order valence-corrected chi connectivity index (χ3v) is 6.71. The molecule has 3 aromatic heterocycles. The van der Waals surface area contributed by atoms with E-state index in [9.17, 15) is 0 Å². The molecule has 4 heterocycles. The van der Waals surface area contributed by atoms with Crippen LogP contribution in [0.5, 0.6) is 0 Å². The lowest BCUT2D eigenvalue weighted by Gasteiger charge is -2.29. The molecule has 8 heteroatoms. The first-order chi connectivity index (χ1) is 15.6. The number of pyridine rings is 1. The van der Waals surface area contributed by atoms with Crippen molar-refractivity contribution in [3.8, 4) is 0 Å². The number of aromatic nitrogens is 5. The maximum atomic E-state index is 6.24. The summed E-state index contributed by atoms with van der Waals surface area (Å²) in [5, 5.41) is 8.30. The molecule has 0 bridgehead atoms. The van der Waals surface area contributed by atoms with Gasteiger partial charge in [0.1, 0.15) is 5.82 Å². The van der Waals surface area contributed by atoms with Gasteiger partial charge >= 0.3 is 0 Å². The Morgan fingerprint density at radius 1 is 1.16 bits per heavy atom. The van der Waals surface area contributed by atoms with Crippen LogP contribution in [-0.2, 0) is 6.42 Å². The fourth-order valence-electron chi connectivity index (χ4n) is 4.90. The van der Waals surface area contributed by atoms with Gasteiger partial charge in [-0.2, -0.15) is 4.98 Å². The van der Waals surface area contributed by atoms with Crippen molar-refractivity contribution in [2.45, 2.75) is 71.3 Å². The molecule has 1 unspecified atom stereocenters. The molecular weight excluding hydrogens is 400 g/mol. The molecule has 1 atom stereocenters. The van der Waals surface area contributed by atoms with Gasteiger partial charge < -0.3 is 16.0 Å². The number of hydrogen-bond donors (Lipinski definition) is 2. The quantitative estimate of drug-likeness (QED) is 0.553. The second-order valence-electron chi connectivity index (χ2n) is 9.39. The number of nitrogens with one attached hydrogen (secondary N) is 1. The third-order valence-electron chi connectivity index (χ3n) is 6.71. The highest BCUT2D eigenvalue weighted by Crippen LogP contribution is 2.36. The Morgan fingerprint density at radius 2 is 1.97 bits per heavy atom. The molecule has 8 nitrogen and oxygen atoms in total. The summed E-state index contributed by atoms with van der Waals surface area (Å²) in [7, 11) is 0. The number of hydrogen-bond acceptors (Lipinski definition) is 7. The molecule has 5 rings (SSSR count). The summed E-state index contributed by atoms with van der Waals surface area (Å²) in [6.45, 7) is 6.58. The van der Waals surface area contributed by atoms with E-state index in [0.717, 1.165) is 48.9 Å². The normalized spacial score (nSPS) is 17.6. The van der Waals surface area contributed by atoms with E-state index in [2.05, 4.69) is 40.1 Å². The number of nitrogens with two attached hydrogens (primary N) is 1. The lowest BCUT2D eigenvalue weighted by atomic mass is 10.1. The number of nitrogens with zero attached hydrogens (tertiary/aromatic N) is 6. The van der Waals surface area contributed by atoms with E-state index in [1.165, 1.54) is 37.7 Å². The Hall–Kier alpha value is -2.90. The number of anilines is 3. The molecule has 0 aromatic carbocycles. The van der Waals surface area contributed by atoms with Gasteiger partial charge in [0.25, 0.3) is 0 Å². The average Bonchev–Trinajstić information content (AvgIpc) is 3.56. The van der Waals surface area contributed by atoms with E-state index in [1.54, 1.807) is 0 Å². The Kier molecular flexibility index (Phi) is 5.85. The molecule has 2 fully saturated rings. The summed E-state index contributed by atoms with van der Waals surface area (Å²) in [4.78, 5) is 16.2. The van der Waals surface area contributed by atoms with Crippen LogP contribution in [0.1, 0.15) is 68.7 Å². The van der Waals surface area contributed by atoms with Crippen LogP contribution in [0.15, 0.2) is 18.5 Å². The summed E-state index contributed by atoms with van der Waals surface area (Å²) in [6, 6.07) is 2.66. The standard InChI is InChI=1S/C24H34N8/c1-3-7-20(18-8-9-18)28-24-29-21(25)23-27-15-19(32(23)30-24)13-17-12-16(2)22(26-14-17)31-10-5-4-6-11-31/h12,14-15,18,20H,3-11,13H2,1-2H3,(H3,25,28,29,30). The van der Waals surface area contributed by atoms with Gasteiger partial charge in [-0.15, -0.1) is 5.10 Å². The van der Waals surface area contributed by atoms with Crippen LogP contribution in [0.25, 0.3) is 5.65 Å². The summed E-state index contributed by atoms with van der Waals surface area (Å²) >= 11 is 0. The maximum absolute atomic E-state index is 6.24. The predicted molar refractivity (Wildman–Crippen MR) is 128 cm³/mol. The van der Waals surface area contributed by atoms with Gasteiger partial charge in [-0.25, -0.2) is 14.5 Å². The molecule has 3 aromatic rings. The highest BCUT2D eigenvalue weighted by molar-refractivity contribution is 5.61. The van der Waals surface area contributed by atoms with Gasteiger partial charge in [-0.1, -0.05) is 19.4 Å². The minimum Gasteiger partial charge on any atom is -0.380 e. The van der Waals surface area contributed by atoms with E-state index >= 15 is 0 Å². The van der Waals surface area contributed by atoms with Crippen molar-refractivity contribution in [2.24, 2.45) is 5.92 Å². The minimum atomic E-state index is 0.412. The first-order valence-electron chi connectivity index (χ1n) is 12.1. The average molecular weight is 435 g/mol. The van der Waals surface area contributed by atoms with Gasteiger partial charge in [-0.05, 0) is 62.5 Å². The molecular formula is C24H34N8. The van der Waals surface area contributed by atoms with Crippen molar-refractivity contribution in [3.05, 3.63) is 35.3 Å². The van der Waals surface area contributed by atoms with Gasteiger partial charge in [-0.3, -0.25) is 0 Å². The zero-order valence-electron chi connectivity index (χ0n) is 19.2. The first-order valence-corrected chi connectivity index (χ1v) is 12.1. The van der Waals surface area contributed by atoms with Gasteiger partial charge in [0.15, 0.2) is 11.5 Å². The fraction of sp³-hybridized carbons (Fsp3) is 0.583. The Morgan fingerprint density at radius 3 is 2.69 bits per heavy atom. The van der Waals surface area contributed by atoms with E-state index in [0.29, 0.717) is 29.9 Å². The Balaban J connectivity index is 1.38. The topological polar surface area (TPSA) is 97.3 Å². The number of nitrogen functional groups attached to an aromatic ring is 1. The number of rotatable bonds is 8. The molecule has 0 amide bonds. The minimum absolute atomic E-state index is 0.412. The maximum Gasteiger partial charge on any atom is 0.243 e. The largest absolute Gasteiger partial charge is 0.380 e. The van der Waals surface area contributed by atoms with Crippen LogP contribution in [0, 0.1) is 12.8 Å². The van der Waals surface area contributed by atoms with Crippen LogP contribution in [0.4, 0.5) is 17.6 Å². The zero-order valence-corrected chi connectivity index (χ0v) is 19.2. The lowest BCUT2D eigenvalue weighted by Crippen LogP contribution is -2.30. The van der Waals surface area contributed by atoms with Gasteiger partial charge in [0.05, 0.1) is 11.9 Å². The van der Waals surface area contributed by atoms with E-state index in [4.69, 9.17) is 15.8 Å². The summed E-state index contributed by atoms with van der Waals surface area (Å²) in [5.74, 6) is 2.85. The van der Waals surface area contributed by atoms with Crippen molar-refractivity contribution in [3.63, 3.8) is 0 Å². The number of aryl methyl sites for hydroxylation is 1. The van der Waals surface area contributed by atoms with E-state index in [-0.39, 0.29) is 0 Å². The Labute approximate surface area is 189 Å². The van der Waals surface area contributed by atoms with Crippen LogP contribution >= 0.6 is 0 Å². The molecule has 1 aliphatic carbocycles. The monoisotopic (exact) mass is 434 g/mol. The van der Waals surface area contributed by atoms with Crippen LogP contribution in [0.2, 0.25) is 0 Å². The van der Waals surface area contributed by atoms with Crippen molar-refractivity contribution in [1.82, 2.24) is 24.6 Å². The summed E-state index contributed by atoms with van der Waals surface area (Å²) in [5.41, 5.74) is 10.2. The van der Waals surface area contributed by atoms with Crippen molar-refractivity contribution >= 4 is 23.2 Å². The van der Waals surface area contributed by atoms with E-state index < -0.39 is 0 Å². The first kappa shape index (κ1) is 21.0. The molecule has 32 heavy (non-hydrogen) atoms. The van der Waals surface area contributed by atoms with Crippen molar-refractivity contribution in [1.29, 1.82) is 0 Å². The third kappa shape index (κ3) is 4.36. The highest BCUT2D eigenvalue weighted by atomic mass is 15.3. The van der Waals surface area contributed by atoms with E-state index in [1.807, 2.05) is 16.9 Å². The smallest absolute Gasteiger partial charge is 0.243 e. The molecule has 0 spiro atoms. The predicted octanol–water partition coefficient (Wildman–Crippen LogP) is 3.98. The number of fused-ring (bicyclic) bond motifs is 1. The molecule has 0 radical (unpaired) electrons. The van der Waals surface area contributed by atoms with Gasteiger partial charge in [0, 0.05) is 31.7 Å². The fourth-order valence-corrected chi connectivity index (χ4v) is 4.90. The second kappa shape index (κ2) is 8.92. The summed E-state index contributed by atoms with van der Waals surface area (Å²) < 4.78 is 1.84. The Bertz CT molecular complexity index is 1080. The van der Waals surface area contributed by atoms with Crippen molar-refractivity contribution < 1.29 is 0 Å². The second-order valence-corrected chi connectivity index (χ2v) is 9.39. The van der Waals surface area contributed by atoms with Crippen LogP contribution in [-0.4, -0.2) is 43.7 Å². The van der Waals surface area contributed by atoms with Gasteiger partial charge in [0.2, 0.25) is 5.95 Å². The lowest BCUT2D eigenvalue weighted by molar-refractivity contribution is 0.571. The molecule has 1 saturated heterocycles. The number of imidazole rings is 1.